The van der Waals surface area contributed by atoms with E-state index >= 15 is 0 Å². The van der Waals surface area contributed by atoms with E-state index in [1.807, 2.05) is 10.3 Å². The summed E-state index contributed by atoms with van der Waals surface area (Å²) in [6.45, 7) is -0.0905. The van der Waals surface area contributed by atoms with Crippen LogP contribution in [-0.4, -0.2) is 27.5 Å². The van der Waals surface area contributed by atoms with E-state index in [0.29, 0.717) is 12.8 Å². The maximum Gasteiger partial charge on any atom is 0.425 e. The standard InChI is InChI=1S/C19H17F3N4O4/c20-19(21,22)18(25-14(27)11-6-7-11)12-13(23-16(18)29)26(17(30)24-15(12)28)9-8-10-4-2-1-3-5-10/h1-5,11H,6-9H2,(H,23,29)(H,25,27)(H,24,28,30)/t18-/m1/s1. The van der Waals surface area contributed by atoms with Gasteiger partial charge in [-0.15, -0.1) is 0 Å². The van der Waals surface area contributed by atoms with E-state index in [1.54, 1.807) is 35.6 Å². The third-order valence-electron chi connectivity index (χ3n) is 5.30. The molecule has 2 aliphatic rings. The molecule has 30 heavy (non-hydrogen) atoms. The van der Waals surface area contributed by atoms with Gasteiger partial charge >= 0.3 is 11.9 Å². The molecule has 3 N–H and O–H groups in total. The maximum absolute atomic E-state index is 14.1. The van der Waals surface area contributed by atoms with Crippen molar-refractivity contribution in [3.05, 3.63) is 62.3 Å². The van der Waals surface area contributed by atoms with Gasteiger partial charge in [0.1, 0.15) is 11.4 Å². The van der Waals surface area contributed by atoms with E-state index in [0.717, 1.165) is 10.1 Å². The van der Waals surface area contributed by atoms with Gasteiger partial charge in [-0.3, -0.25) is 23.9 Å². The second-order valence-electron chi connectivity index (χ2n) is 7.34. The molecule has 8 nitrogen and oxygen atoms in total. The molecular weight excluding hydrogens is 405 g/mol. The fourth-order valence-electron chi connectivity index (χ4n) is 3.56. The molecule has 2 amide bonds. The molecule has 1 atom stereocenters. The van der Waals surface area contributed by atoms with Gasteiger partial charge in [-0.25, -0.2) is 4.79 Å². The molecule has 0 unspecified atom stereocenters. The van der Waals surface area contributed by atoms with Crippen LogP contribution in [0.5, 0.6) is 0 Å². The van der Waals surface area contributed by atoms with Gasteiger partial charge in [0, 0.05) is 12.5 Å². The summed E-state index contributed by atoms with van der Waals surface area (Å²) in [5.74, 6) is -3.78. The highest BCUT2D eigenvalue weighted by Gasteiger charge is 2.68. The fraction of sp³-hybridized carbons (Fsp3) is 0.368. The van der Waals surface area contributed by atoms with Crippen molar-refractivity contribution in [1.82, 2.24) is 14.9 Å². The summed E-state index contributed by atoms with van der Waals surface area (Å²) in [5, 5.41) is 3.77. The van der Waals surface area contributed by atoms with Gasteiger partial charge < -0.3 is 10.6 Å². The van der Waals surface area contributed by atoms with Crippen LogP contribution in [0.2, 0.25) is 0 Å². The van der Waals surface area contributed by atoms with Crippen molar-refractivity contribution in [3.8, 4) is 0 Å². The second kappa shape index (κ2) is 6.85. The smallest absolute Gasteiger partial charge is 0.330 e. The van der Waals surface area contributed by atoms with E-state index < -0.39 is 52.1 Å². The van der Waals surface area contributed by atoms with Crippen LogP contribution in [0.15, 0.2) is 39.9 Å². The lowest BCUT2D eigenvalue weighted by Gasteiger charge is -2.30. The van der Waals surface area contributed by atoms with E-state index in [-0.39, 0.29) is 13.0 Å². The number of fused-ring (bicyclic) bond motifs is 1. The van der Waals surface area contributed by atoms with Crippen LogP contribution in [-0.2, 0) is 28.1 Å². The molecule has 2 heterocycles. The molecule has 0 radical (unpaired) electrons. The zero-order chi connectivity index (χ0) is 21.7. The predicted octanol–water partition coefficient (Wildman–Crippen LogP) is 1.02. The number of alkyl halides is 3. The van der Waals surface area contributed by atoms with Crippen molar-refractivity contribution in [2.75, 3.05) is 5.32 Å². The number of amides is 2. The highest BCUT2D eigenvalue weighted by molar-refractivity contribution is 6.07. The van der Waals surface area contributed by atoms with Gasteiger partial charge in [0.25, 0.3) is 11.5 Å². The molecule has 11 heteroatoms. The summed E-state index contributed by atoms with van der Waals surface area (Å²) in [6.07, 6.45) is -4.23. The number of aromatic nitrogens is 2. The number of H-pyrrole nitrogens is 1. The Labute approximate surface area is 167 Å². The number of aromatic amines is 1. The van der Waals surface area contributed by atoms with Crippen LogP contribution < -0.4 is 21.9 Å². The molecule has 0 bridgehead atoms. The minimum Gasteiger partial charge on any atom is -0.330 e. The number of hydrogen-bond acceptors (Lipinski definition) is 4. The minimum atomic E-state index is -5.30. The molecule has 158 valence electrons. The normalized spacial score (nSPS) is 20.6. The van der Waals surface area contributed by atoms with Gasteiger partial charge in [-0.05, 0) is 24.8 Å². The number of anilines is 1. The highest BCUT2D eigenvalue weighted by atomic mass is 19.4. The molecule has 4 rings (SSSR count). The van der Waals surface area contributed by atoms with E-state index in [9.17, 15) is 32.3 Å². The number of carbonyl (C=O) groups is 2. The van der Waals surface area contributed by atoms with Crippen LogP contribution in [0.1, 0.15) is 24.0 Å². The van der Waals surface area contributed by atoms with Gasteiger partial charge in [0.15, 0.2) is 0 Å². The Morgan fingerprint density at radius 2 is 1.83 bits per heavy atom. The summed E-state index contributed by atoms with van der Waals surface area (Å²) in [6, 6.07) is 8.85. The summed E-state index contributed by atoms with van der Waals surface area (Å²) in [7, 11) is 0. The van der Waals surface area contributed by atoms with Crippen molar-refractivity contribution in [2.45, 2.75) is 37.5 Å². The lowest BCUT2D eigenvalue weighted by molar-refractivity contribution is -0.201. The summed E-state index contributed by atoms with van der Waals surface area (Å²) >= 11 is 0. The first kappa shape index (κ1) is 19.9. The first-order valence-electron chi connectivity index (χ1n) is 9.27. The quantitative estimate of drug-likeness (QED) is 0.668. The van der Waals surface area contributed by atoms with E-state index in [2.05, 4.69) is 0 Å². The number of halogens is 3. The Hall–Kier alpha value is -3.37. The van der Waals surface area contributed by atoms with Crippen molar-refractivity contribution in [3.63, 3.8) is 0 Å². The summed E-state index contributed by atoms with van der Waals surface area (Å²) in [4.78, 5) is 51.3. The molecule has 1 fully saturated rings. The average Bonchev–Trinajstić information content (AvgIpc) is 3.47. The van der Waals surface area contributed by atoms with Crippen LogP contribution >= 0.6 is 0 Å². The van der Waals surface area contributed by atoms with E-state index in [4.69, 9.17) is 0 Å². The van der Waals surface area contributed by atoms with Crippen LogP contribution in [0.25, 0.3) is 0 Å². The number of nitrogens with one attached hydrogen (secondary N) is 3. The average molecular weight is 422 g/mol. The van der Waals surface area contributed by atoms with Gasteiger partial charge in [0.05, 0.1) is 0 Å². The maximum atomic E-state index is 14.1. The monoisotopic (exact) mass is 422 g/mol. The molecule has 0 saturated heterocycles. The second-order valence-corrected chi connectivity index (χ2v) is 7.34. The SMILES string of the molecule is O=C(N[C@@]1(C(F)(F)F)C(=O)Nc2c1c(=O)[nH]c(=O)n2CCc1ccccc1)C1CC1. The van der Waals surface area contributed by atoms with E-state index in [1.165, 1.54) is 0 Å². The summed E-state index contributed by atoms with van der Waals surface area (Å²) in [5.41, 5.74) is -6.11. The fourth-order valence-corrected chi connectivity index (χ4v) is 3.56. The highest BCUT2D eigenvalue weighted by Crippen LogP contribution is 2.45. The Kier molecular flexibility index (Phi) is 4.55. The van der Waals surface area contributed by atoms with Gasteiger partial charge in [-0.2, -0.15) is 13.2 Å². The van der Waals surface area contributed by atoms with Gasteiger partial charge in [-0.1, -0.05) is 30.3 Å². The molecule has 1 saturated carbocycles. The largest absolute Gasteiger partial charge is 0.425 e. The third-order valence-corrected chi connectivity index (χ3v) is 5.30. The van der Waals surface area contributed by atoms with Crippen molar-refractivity contribution < 1.29 is 22.8 Å². The Morgan fingerprint density at radius 1 is 1.17 bits per heavy atom. The topological polar surface area (TPSA) is 113 Å². The molecule has 0 spiro atoms. The third kappa shape index (κ3) is 3.10. The number of aryl methyl sites for hydroxylation is 1. The molecule has 1 aliphatic heterocycles. The first-order valence-corrected chi connectivity index (χ1v) is 9.27. The number of benzene rings is 1. The molecule has 1 aromatic heterocycles. The Balaban J connectivity index is 1.82. The zero-order valence-corrected chi connectivity index (χ0v) is 15.5. The molecule has 1 aliphatic carbocycles. The lowest BCUT2D eigenvalue weighted by atomic mass is 9.91. The van der Waals surface area contributed by atoms with Crippen LogP contribution in [0.4, 0.5) is 19.0 Å². The zero-order valence-electron chi connectivity index (χ0n) is 15.5. The lowest BCUT2D eigenvalue weighted by Crippen LogP contribution is -2.62. The number of hydrogen-bond donors (Lipinski definition) is 3. The summed E-state index contributed by atoms with van der Waals surface area (Å²) < 4.78 is 43.3. The first-order chi connectivity index (χ1) is 14.1. The van der Waals surface area contributed by atoms with Crippen molar-refractivity contribution in [1.29, 1.82) is 0 Å². The molecular formula is C19H17F3N4O4. The predicted molar refractivity (Wildman–Crippen MR) is 98.7 cm³/mol. The minimum absolute atomic E-state index is 0.0905. The molecule has 2 aromatic rings. The molecule has 1 aromatic carbocycles. The Bertz CT molecular complexity index is 1140. The van der Waals surface area contributed by atoms with Crippen molar-refractivity contribution >= 4 is 17.6 Å². The Morgan fingerprint density at radius 3 is 2.43 bits per heavy atom. The number of rotatable bonds is 5. The van der Waals surface area contributed by atoms with Crippen molar-refractivity contribution in [2.24, 2.45) is 5.92 Å². The van der Waals surface area contributed by atoms with Crippen LogP contribution in [0.3, 0.4) is 0 Å². The number of carbonyl (C=O) groups excluding carboxylic acids is 2. The number of nitrogens with zero attached hydrogens (tertiary/aromatic N) is 1. The van der Waals surface area contributed by atoms with Crippen LogP contribution in [0, 0.1) is 5.92 Å². The van der Waals surface area contributed by atoms with Gasteiger partial charge in [0.2, 0.25) is 11.4 Å².